The second-order valence-corrected chi connectivity index (χ2v) is 7.90. The van der Waals surface area contributed by atoms with Gasteiger partial charge in [0.05, 0.1) is 0 Å². The van der Waals surface area contributed by atoms with Crippen molar-refractivity contribution in [2.75, 3.05) is 20.1 Å². The molecule has 3 N–H and O–H groups in total. The number of benzene rings is 2. The van der Waals surface area contributed by atoms with Crippen molar-refractivity contribution in [2.45, 2.75) is 32.4 Å². The number of aromatic nitrogens is 1. The number of nitrogens with zero attached hydrogens (tertiary/aromatic N) is 2. The molecule has 0 aliphatic carbocycles. The van der Waals surface area contributed by atoms with Crippen LogP contribution < -0.4 is 11.1 Å². The number of carbonyl (C=O) groups excluding carboxylic acids is 2. The molecule has 0 bridgehead atoms. The van der Waals surface area contributed by atoms with Crippen LogP contribution >= 0.6 is 0 Å². The van der Waals surface area contributed by atoms with Gasteiger partial charge >= 0.3 is 0 Å². The Labute approximate surface area is 176 Å². The van der Waals surface area contributed by atoms with Crippen LogP contribution in [0, 0.1) is 0 Å². The summed E-state index contributed by atoms with van der Waals surface area (Å²) >= 11 is 0. The number of nitrogens with one attached hydrogen (secondary N) is 1. The molecule has 2 heterocycles. The second kappa shape index (κ2) is 8.71. The first-order chi connectivity index (χ1) is 14.6. The smallest absolute Gasteiger partial charge is 0.251 e. The topological polar surface area (TPSA) is 80.4 Å². The maximum absolute atomic E-state index is 11.8. The third-order valence-corrected chi connectivity index (χ3v) is 5.92. The predicted octanol–water partition coefficient (Wildman–Crippen LogP) is 2.67. The summed E-state index contributed by atoms with van der Waals surface area (Å²) < 4.78 is 2.42. The molecular weight excluding hydrogens is 376 g/mol. The van der Waals surface area contributed by atoms with Gasteiger partial charge in [-0.3, -0.25) is 14.5 Å². The number of amides is 2. The Morgan fingerprint density at radius 2 is 1.87 bits per heavy atom. The molecule has 0 atom stereocenters. The molecule has 0 fully saturated rings. The summed E-state index contributed by atoms with van der Waals surface area (Å²) in [5.74, 6) is -0.298. The molecule has 3 aromatic rings. The number of hydrogen-bond donors (Lipinski definition) is 2. The lowest BCUT2D eigenvalue weighted by atomic mass is 10.0. The zero-order valence-corrected chi connectivity index (χ0v) is 17.4. The Bertz CT molecular complexity index is 1070. The average molecular weight is 405 g/mol. The molecule has 0 saturated heterocycles. The number of nitrogens with two attached hydrogens (primary N) is 1. The fourth-order valence-electron chi connectivity index (χ4n) is 4.39. The molecular formula is C24H28N4O2. The predicted molar refractivity (Wildman–Crippen MR) is 118 cm³/mol. The van der Waals surface area contributed by atoms with Gasteiger partial charge in [0, 0.05) is 61.7 Å². The van der Waals surface area contributed by atoms with Crippen molar-refractivity contribution in [3.8, 4) is 0 Å². The number of hydrogen-bond acceptors (Lipinski definition) is 3. The van der Waals surface area contributed by atoms with Crippen LogP contribution in [0.15, 0.2) is 48.5 Å². The van der Waals surface area contributed by atoms with Crippen LogP contribution in [-0.4, -0.2) is 41.4 Å². The highest BCUT2D eigenvalue weighted by molar-refractivity contribution is 5.94. The summed E-state index contributed by atoms with van der Waals surface area (Å²) in [6.07, 6.45) is 2.23. The monoisotopic (exact) mass is 404 g/mol. The van der Waals surface area contributed by atoms with Crippen LogP contribution in [-0.2, 0) is 24.3 Å². The summed E-state index contributed by atoms with van der Waals surface area (Å²) in [5.41, 5.74) is 11.2. The van der Waals surface area contributed by atoms with E-state index in [1.54, 1.807) is 7.05 Å². The quantitative estimate of drug-likeness (QED) is 0.635. The van der Waals surface area contributed by atoms with E-state index in [9.17, 15) is 9.59 Å². The van der Waals surface area contributed by atoms with Gasteiger partial charge in [-0.15, -0.1) is 0 Å². The maximum atomic E-state index is 11.8. The Balaban J connectivity index is 1.59. The molecule has 0 radical (unpaired) electrons. The van der Waals surface area contributed by atoms with Gasteiger partial charge in [0.15, 0.2) is 0 Å². The Morgan fingerprint density at radius 1 is 1.10 bits per heavy atom. The van der Waals surface area contributed by atoms with Gasteiger partial charge in [0.25, 0.3) is 5.91 Å². The molecule has 1 aliphatic heterocycles. The van der Waals surface area contributed by atoms with E-state index in [2.05, 4.69) is 39.0 Å². The molecule has 6 heteroatoms. The largest absolute Gasteiger partial charge is 0.370 e. The van der Waals surface area contributed by atoms with Crippen LogP contribution in [0.2, 0.25) is 0 Å². The molecule has 2 amide bonds. The number of primary amides is 1. The third-order valence-electron chi connectivity index (χ3n) is 5.92. The normalized spacial score (nSPS) is 13.9. The lowest BCUT2D eigenvalue weighted by Gasteiger charge is -2.28. The molecule has 30 heavy (non-hydrogen) atoms. The minimum absolute atomic E-state index is 0.0678. The molecule has 1 aliphatic rings. The van der Waals surface area contributed by atoms with Gasteiger partial charge in [-0.25, -0.2) is 0 Å². The van der Waals surface area contributed by atoms with E-state index in [-0.39, 0.29) is 11.8 Å². The molecule has 0 unspecified atom stereocenters. The van der Waals surface area contributed by atoms with Crippen molar-refractivity contribution in [1.29, 1.82) is 0 Å². The van der Waals surface area contributed by atoms with Crippen LogP contribution in [0.25, 0.3) is 10.9 Å². The highest BCUT2D eigenvalue weighted by atomic mass is 16.1. The Morgan fingerprint density at radius 3 is 2.60 bits per heavy atom. The maximum Gasteiger partial charge on any atom is 0.251 e. The fraction of sp³-hybridized carbons (Fsp3) is 0.333. The van der Waals surface area contributed by atoms with E-state index in [1.807, 2.05) is 24.3 Å². The summed E-state index contributed by atoms with van der Waals surface area (Å²) in [5, 5.41) is 3.96. The van der Waals surface area contributed by atoms with E-state index < -0.39 is 0 Å². The summed E-state index contributed by atoms with van der Waals surface area (Å²) in [7, 11) is 1.64. The highest BCUT2D eigenvalue weighted by Crippen LogP contribution is 2.31. The summed E-state index contributed by atoms with van der Waals surface area (Å²) in [4.78, 5) is 25.3. The molecule has 2 aromatic carbocycles. The number of fused-ring (bicyclic) bond motifs is 3. The van der Waals surface area contributed by atoms with Crippen LogP contribution in [0.4, 0.5) is 0 Å². The third kappa shape index (κ3) is 4.09. The SMILES string of the molecule is CNC(=O)c1ccc(Cn2c3c(c4ccccc42)CN(CCCC(N)=O)CC3)cc1. The minimum Gasteiger partial charge on any atom is -0.370 e. The van der Waals surface area contributed by atoms with Gasteiger partial charge in [0.2, 0.25) is 5.91 Å². The summed E-state index contributed by atoms with van der Waals surface area (Å²) in [6.45, 7) is 3.56. The highest BCUT2D eigenvalue weighted by Gasteiger charge is 2.23. The number of rotatable bonds is 7. The molecule has 0 saturated carbocycles. The van der Waals surface area contributed by atoms with Crippen molar-refractivity contribution in [1.82, 2.24) is 14.8 Å². The fourth-order valence-corrected chi connectivity index (χ4v) is 4.39. The van der Waals surface area contributed by atoms with Crippen molar-refractivity contribution in [2.24, 2.45) is 5.73 Å². The van der Waals surface area contributed by atoms with Crippen molar-refractivity contribution in [3.63, 3.8) is 0 Å². The standard InChI is InChI=1S/C24H28N4O2/c1-26-24(30)18-10-8-17(9-11-18)15-28-21-6-3-2-5-19(21)20-16-27(14-12-22(20)28)13-4-7-23(25)29/h2-3,5-6,8-11H,4,7,12-16H2,1H3,(H2,25,29)(H,26,30). The first-order valence-corrected chi connectivity index (χ1v) is 10.5. The zero-order chi connectivity index (χ0) is 21.1. The molecule has 6 nitrogen and oxygen atoms in total. The van der Waals surface area contributed by atoms with Gasteiger partial charge in [-0.05, 0) is 42.3 Å². The average Bonchev–Trinajstić information content (AvgIpc) is 3.07. The lowest BCUT2D eigenvalue weighted by molar-refractivity contribution is -0.118. The van der Waals surface area contributed by atoms with Gasteiger partial charge < -0.3 is 15.6 Å². The van der Waals surface area contributed by atoms with Gasteiger partial charge in [0.1, 0.15) is 0 Å². The molecule has 0 spiro atoms. The van der Waals surface area contributed by atoms with Crippen molar-refractivity contribution in [3.05, 3.63) is 70.9 Å². The molecule has 1 aromatic heterocycles. The molecule has 4 rings (SSSR count). The van der Waals surface area contributed by atoms with Gasteiger partial charge in [-0.2, -0.15) is 0 Å². The van der Waals surface area contributed by atoms with Crippen LogP contribution in [0.1, 0.15) is 40.0 Å². The Hall–Kier alpha value is -3.12. The van der Waals surface area contributed by atoms with Crippen molar-refractivity contribution < 1.29 is 9.59 Å². The van der Waals surface area contributed by atoms with Crippen LogP contribution in [0.5, 0.6) is 0 Å². The lowest BCUT2D eigenvalue weighted by Crippen LogP contribution is -2.32. The van der Waals surface area contributed by atoms with E-state index >= 15 is 0 Å². The second-order valence-electron chi connectivity index (χ2n) is 7.90. The number of carbonyl (C=O) groups is 2. The Kier molecular flexibility index (Phi) is 5.86. The first-order valence-electron chi connectivity index (χ1n) is 10.5. The van der Waals surface area contributed by atoms with E-state index in [1.165, 1.54) is 27.7 Å². The van der Waals surface area contributed by atoms with E-state index in [4.69, 9.17) is 5.73 Å². The van der Waals surface area contributed by atoms with E-state index in [0.717, 1.165) is 39.0 Å². The van der Waals surface area contributed by atoms with Crippen molar-refractivity contribution >= 4 is 22.7 Å². The summed E-state index contributed by atoms with van der Waals surface area (Å²) in [6, 6.07) is 16.4. The molecule has 156 valence electrons. The van der Waals surface area contributed by atoms with Crippen LogP contribution in [0.3, 0.4) is 0 Å². The zero-order valence-electron chi connectivity index (χ0n) is 17.4. The number of para-hydroxylation sites is 1. The minimum atomic E-state index is -0.230. The van der Waals surface area contributed by atoms with E-state index in [0.29, 0.717) is 12.0 Å². The van der Waals surface area contributed by atoms with Gasteiger partial charge in [-0.1, -0.05) is 30.3 Å². The first kappa shape index (κ1) is 20.2.